The van der Waals surface area contributed by atoms with Crippen molar-refractivity contribution in [1.82, 2.24) is 0 Å². The Morgan fingerprint density at radius 1 is 0.247 bits per heavy atom. The van der Waals surface area contributed by atoms with E-state index in [1.165, 1.54) is 60.0 Å². The fourth-order valence-corrected chi connectivity index (χ4v) is 10.6. The molecule has 358 valence electrons. The van der Waals surface area contributed by atoms with Gasteiger partial charge >= 0.3 is 0 Å². The number of hydrogen-bond donors (Lipinski definition) is 0. The van der Waals surface area contributed by atoms with E-state index in [2.05, 4.69) is 133 Å². The van der Waals surface area contributed by atoms with Crippen LogP contribution in [0.2, 0.25) is 0 Å². The Morgan fingerprint density at radius 2 is 0.740 bits per heavy atom. The van der Waals surface area contributed by atoms with Gasteiger partial charge in [-0.15, -0.1) is 0 Å². The van der Waals surface area contributed by atoms with E-state index in [9.17, 15) is 12.3 Å². The highest BCUT2D eigenvalue weighted by molar-refractivity contribution is 6.27. The van der Waals surface area contributed by atoms with Crippen LogP contribution in [-0.2, 0) is 0 Å². The molecule has 0 amide bonds. The van der Waals surface area contributed by atoms with Gasteiger partial charge in [-0.1, -0.05) is 266 Å². The second kappa shape index (κ2) is 18.4. The molecule has 0 aliphatic heterocycles. The molecule has 0 spiro atoms. The minimum Gasteiger partial charge on any atom is -0.456 e. The van der Waals surface area contributed by atoms with E-state index in [4.69, 9.17) is 27.7 Å². The second-order valence-corrected chi connectivity index (χ2v) is 18.2. The fraction of sp³-hybridized carbons (Fsp3) is 0. The van der Waals surface area contributed by atoms with Crippen molar-refractivity contribution < 1.29 is 40.1 Å². The summed E-state index contributed by atoms with van der Waals surface area (Å²) in [6, 6.07) is 23.8. The van der Waals surface area contributed by atoms with E-state index in [0.717, 1.165) is 16.6 Å². The van der Waals surface area contributed by atoms with Gasteiger partial charge in [0.15, 0.2) is 0 Å². The van der Waals surface area contributed by atoms with Crippen LogP contribution in [0.5, 0.6) is 0 Å². The van der Waals surface area contributed by atoms with Crippen LogP contribution in [0.4, 0.5) is 0 Å². The Hall–Kier alpha value is -10.1. The van der Waals surface area contributed by atoms with E-state index >= 15 is 0 Å². The van der Waals surface area contributed by atoms with Crippen molar-refractivity contribution in [3.05, 3.63) is 291 Å². The number of fused-ring (bicyclic) bond motifs is 10. The van der Waals surface area contributed by atoms with Crippen LogP contribution < -0.4 is 0 Å². The van der Waals surface area contributed by atoms with Gasteiger partial charge in [-0.25, -0.2) is 0 Å². The van der Waals surface area contributed by atoms with Gasteiger partial charge in [-0.05, 0) is 155 Å². The molecular weight excluding hydrogens is 929 g/mol. The molecule has 0 N–H and O–H groups in total. The number of rotatable bonds is 5. The summed E-state index contributed by atoms with van der Waals surface area (Å²) in [6.45, 7) is 0. The molecule has 0 atom stereocenters. The maximum absolute atomic E-state index is 9.43. The van der Waals surface area contributed by atoms with Crippen molar-refractivity contribution in [2.45, 2.75) is 0 Å². The zero-order valence-electron chi connectivity index (χ0n) is 66.1. The van der Waals surface area contributed by atoms with Crippen LogP contribution in [-0.4, -0.2) is 0 Å². The smallest absolute Gasteiger partial charge is 0.136 e. The van der Waals surface area contributed by atoms with E-state index in [0.29, 0.717) is 0 Å². The normalized spacial score (nSPS) is 16.4. The minimum absolute atomic E-state index is 0.526. The molecule has 16 rings (SSSR count). The molecule has 1 aromatic heterocycles. The zero-order chi connectivity index (χ0) is 73.4. The first-order valence-electron chi connectivity index (χ1n) is 37.4. The Balaban J connectivity index is 0.000000193. The number of hydrogen-bond acceptors (Lipinski definition) is 1. The Morgan fingerprint density at radius 3 is 1.42 bits per heavy atom. The predicted octanol–water partition coefficient (Wildman–Crippen LogP) is 21.7. The maximum atomic E-state index is 9.43. The van der Waals surface area contributed by atoms with Gasteiger partial charge in [0.1, 0.15) is 11.2 Å². The lowest BCUT2D eigenvalue weighted by atomic mass is 9.84. The Labute approximate surface area is 482 Å². The summed E-state index contributed by atoms with van der Waals surface area (Å²) in [7, 11) is 0. The van der Waals surface area contributed by atoms with Crippen molar-refractivity contribution in [1.29, 1.82) is 0 Å². The summed E-state index contributed by atoms with van der Waals surface area (Å²) in [5, 5.41) is 4.57. The number of benzene rings is 15. The summed E-state index contributed by atoms with van der Waals surface area (Å²) in [4.78, 5) is 0. The van der Waals surface area contributed by atoms with Crippen molar-refractivity contribution in [3.63, 3.8) is 0 Å². The molecule has 0 saturated carbocycles. The van der Waals surface area contributed by atoms with E-state index in [1.807, 2.05) is 0 Å². The molecule has 0 saturated heterocycles. The standard InChI is InChI=1S/C40H26.C36H22O/c1-2-12-31-26-32(25-22-27(31)10-1)28-20-23-30(24-21-28)39-35-15-5-7-17-37(35)40(38-18-8-6-16-36(38)39)34-19-9-13-29-11-3-4-14-33(29)34;1-2-11-23(12-3-1)34-26-15-6-8-17-28(26)35(29-18-9-7-16-27(29)34)30-19-10-20-32-36(30)31-21-24-13-4-5-14-25(24)22-33(31)37-32/h1-26H;1-22H/i1D,2D,3D,4D,5D,6D,7D,8D,9D,10D,11D,12D,13D,14D,15D,16D,17D,18D,19D,20D,21D,22D,23D,24D,25D,26D;. The summed E-state index contributed by atoms with van der Waals surface area (Å²) >= 11 is 0. The molecule has 0 aliphatic carbocycles. The predicted molar refractivity (Wildman–Crippen MR) is 330 cm³/mol. The summed E-state index contributed by atoms with van der Waals surface area (Å²) in [5.74, 6) is 0. The molecule has 0 radical (unpaired) electrons. The van der Waals surface area contributed by atoms with Gasteiger partial charge in [0.05, 0.1) is 35.6 Å². The van der Waals surface area contributed by atoms with Crippen molar-refractivity contribution >= 4 is 97.3 Å². The lowest BCUT2D eigenvalue weighted by molar-refractivity contribution is 0.669. The van der Waals surface area contributed by atoms with Crippen LogP contribution in [0.25, 0.3) is 153 Å². The van der Waals surface area contributed by atoms with Gasteiger partial charge in [-0.2, -0.15) is 0 Å². The van der Waals surface area contributed by atoms with Gasteiger partial charge in [0.25, 0.3) is 0 Å². The monoisotopic (exact) mass is 1000 g/mol. The van der Waals surface area contributed by atoms with Gasteiger partial charge < -0.3 is 4.42 Å². The van der Waals surface area contributed by atoms with Gasteiger partial charge in [0, 0.05) is 10.8 Å². The van der Waals surface area contributed by atoms with Gasteiger partial charge in [-0.3, -0.25) is 0 Å². The van der Waals surface area contributed by atoms with Crippen LogP contribution in [0.15, 0.2) is 295 Å². The molecule has 77 heavy (non-hydrogen) atoms. The highest BCUT2D eigenvalue weighted by Crippen LogP contribution is 2.48. The quantitative estimate of drug-likeness (QED) is 0.157. The molecule has 16 aromatic rings. The van der Waals surface area contributed by atoms with Crippen LogP contribution in [0, 0.1) is 0 Å². The molecule has 15 aromatic carbocycles. The van der Waals surface area contributed by atoms with Crippen LogP contribution in [0.3, 0.4) is 0 Å². The molecule has 1 heterocycles. The first kappa shape index (κ1) is 25.4. The summed E-state index contributed by atoms with van der Waals surface area (Å²) in [5.41, 5.74) is 2.31. The Kier molecular flexibility index (Phi) is 6.07. The average molecular weight is 1000 g/mol. The highest BCUT2D eigenvalue weighted by atomic mass is 16.3. The van der Waals surface area contributed by atoms with E-state index in [-0.39, 0.29) is 0 Å². The average Bonchev–Trinajstić information content (AvgIpc) is 1.13. The van der Waals surface area contributed by atoms with Crippen molar-refractivity contribution in [2.75, 3.05) is 0 Å². The van der Waals surface area contributed by atoms with Crippen LogP contribution in [0.1, 0.15) is 35.6 Å². The third-order valence-corrected chi connectivity index (χ3v) is 13.9. The SMILES string of the molecule is [2H]c1c([2H])c(-c2c3c([2H])c([2H])c([2H])c([2H])c3c(-c3c([2H])c([2H])c([2H])c4c([2H])c([2H])c([2H])c([2H])c34)c3c([2H])c([2H])c([2H])c([2H])c23)c([2H])c([2H])c1-c1c([2H])c([2H])c2c([2H])c([2H])c([2H])c([2H])c2c1[2H].c1ccc(-c2c3ccccc3c(-c3cccc4oc5cc6ccccc6cc5c34)c3ccccc23)cc1. The van der Waals surface area contributed by atoms with E-state index < -0.39 is 234 Å². The molecule has 0 bridgehead atoms. The molecule has 0 fully saturated rings. The third kappa shape index (κ3) is 7.47. The van der Waals surface area contributed by atoms with Crippen molar-refractivity contribution in [2.24, 2.45) is 0 Å². The Bertz CT molecular complexity index is 6390. The summed E-state index contributed by atoms with van der Waals surface area (Å²) in [6.07, 6.45) is 0. The topological polar surface area (TPSA) is 13.1 Å². The largest absolute Gasteiger partial charge is 0.456 e. The molecular formula is C76H48O. The van der Waals surface area contributed by atoms with E-state index in [1.54, 1.807) is 0 Å². The van der Waals surface area contributed by atoms with Crippen LogP contribution >= 0.6 is 0 Å². The first-order chi connectivity index (χ1) is 49.0. The zero-order valence-corrected chi connectivity index (χ0v) is 40.1. The highest BCUT2D eigenvalue weighted by Gasteiger charge is 2.21. The molecule has 1 nitrogen and oxygen atoms in total. The minimum atomic E-state index is -1.07. The molecule has 1 heteroatoms. The van der Waals surface area contributed by atoms with Gasteiger partial charge in [0.2, 0.25) is 0 Å². The summed E-state index contributed by atoms with van der Waals surface area (Å²) < 4.78 is 237. The maximum Gasteiger partial charge on any atom is 0.136 e. The number of furan rings is 1. The first-order valence-corrected chi connectivity index (χ1v) is 24.4. The molecule has 0 unspecified atom stereocenters. The fourth-order valence-electron chi connectivity index (χ4n) is 10.6. The second-order valence-electron chi connectivity index (χ2n) is 18.2. The molecule has 0 aliphatic rings. The third-order valence-electron chi connectivity index (χ3n) is 13.9. The van der Waals surface area contributed by atoms with Crippen molar-refractivity contribution in [3.8, 4) is 55.6 Å². The lowest BCUT2D eigenvalue weighted by Crippen LogP contribution is -1.91. The lowest BCUT2D eigenvalue weighted by Gasteiger charge is -2.19.